The molecule has 4 aromatic rings. The Morgan fingerprint density at radius 3 is 2.33 bits per heavy atom. The van der Waals surface area contributed by atoms with Gasteiger partial charge in [0.15, 0.2) is 20.6 Å². The molecule has 0 bridgehead atoms. The van der Waals surface area contributed by atoms with Crippen molar-refractivity contribution in [3.05, 3.63) is 102 Å². The third kappa shape index (κ3) is 11.0. The molecule has 2 aromatic heterocycles. The Labute approximate surface area is 318 Å². The van der Waals surface area contributed by atoms with Crippen molar-refractivity contribution in [1.82, 2.24) is 30.8 Å². The van der Waals surface area contributed by atoms with Gasteiger partial charge >= 0.3 is 0 Å². The van der Waals surface area contributed by atoms with E-state index >= 15 is 0 Å². The number of sulfone groups is 1. The first kappa shape index (κ1) is 40.6. The molecule has 0 spiro atoms. The normalized spacial score (nSPS) is 18.1. The first-order chi connectivity index (χ1) is 25.5. The molecule has 2 amide bonds. The van der Waals surface area contributed by atoms with E-state index in [1.165, 1.54) is 12.3 Å². The average molecular weight is 757 g/mol. The number of ketones is 1. The molecular formula is C41H52N6O6S. The molecule has 1 aliphatic heterocycles. The van der Waals surface area contributed by atoms with E-state index in [1.54, 1.807) is 18.2 Å². The second-order valence-electron chi connectivity index (χ2n) is 15.8. The van der Waals surface area contributed by atoms with E-state index in [1.807, 2.05) is 100 Å². The van der Waals surface area contributed by atoms with Crippen LogP contribution in [0.5, 0.6) is 0 Å². The number of aromatic nitrogens is 2. The second-order valence-corrected chi connectivity index (χ2v) is 17.9. The molecule has 0 aliphatic carbocycles. The van der Waals surface area contributed by atoms with Gasteiger partial charge in [0, 0.05) is 42.2 Å². The smallest absolute Gasteiger partial charge is 0.237 e. The van der Waals surface area contributed by atoms with Crippen LogP contribution < -0.4 is 16.0 Å². The summed E-state index contributed by atoms with van der Waals surface area (Å²) in [7, 11) is -3.82. The van der Waals surface area contributed by atoms with Crippen LogP contribution in [0.15, 0.2) is 96.2 Å². The zero-order chi connectivity index (χ0) is 39.1. The molecule has 1 saturated heterocycles. The van der Waals surface area contributed by atoms with E-state index in [4.69, 9.17) is 0 Å². The summed E-state index contributed by atoms with van der Waals surface area (Å²) in [6.45, 7) is 9.38. The minimum atomic E-state index is -3.82. The second kappa shape index (κ2) is 17.3. The van der Waals surface area contributed by atoms with Gasteiger partial charge in [-0.25, -0.2) is 18.4 Å². The highest BCUT2D eigenvalue weighted by atomic mass is 32.2. The molecule has 5 rings (SSSR count). The number of piperidine rings is 1. The van der Waals surface area contributed by atoms with Crippen molar-refractivity contribution >= 4 is 38.3 Å². The van der Waals surface area contributed by atoms with Gasteiger partial charge in [-0.15, -0.1) is 0 Å². The van der Waals surface area contributed by atoms with Gasteiger partial charge in [0.1, 0.15) is 5.69 Å². The van der Waals surface area contributed by atoms with Gasteiger partial charge in [0.05, 0.1) is 35.5 Å². The molecule has 1 aliphatic rings. The highest BCUT2D eigenvalue weighted by Gasteiger charge is 2.42. The number of nitrogens with zero attached hydrogens (tertiary/aromatic N) is 3. The molecule has 4 atom stereocenters. The maximum absolute atomic E-state index is 13.7. The number of nitrogens with one attached hydrogen (secondary N) is 3. The van der Waals surface area contributed by atoms with Crippen LogP contribution in [0.3, 0.4) is 0 Å². The van der Waals surface area contributed by atoms with Crippen LogP contribution in [0.1, 0.15) is 69.9 Å². The molecule has 2 aromatic carbocycles. The van der Waals surface area contributed by atoms with Gasteiger partial charge in [-0.2, -0.15) is 0 Å². The van der Waals surface area contributed by atoms with Crippen LogP contribution >= 0.6 is 0 Å². The number of amides is 2. The van der Waals surface area contributed by atoms with E-state index in [0.29, 0.717) is 12.1 Å². The standard InChI is InChI=1S/C41H52N6O6S/c1-40(2,3)46-39(51)34-24-30(54(52,53)38-17-11-12-21-42-38)20-22-47(34)27-36(49)33(23-28-13-7-6-8-14-28)45-37(50)26-43-41(4,5)25-35(48)32-19-18-29-15-9-10-16-31(29)44-32/h6-19,21,30,33-34,36,43,49H,20,22-27H2,1-5H3,(H,45,50)(H,46,51). The molecule has 0 radical (unpaired) electrons. The fourth-order valence-corrected chi connectivity index (χ4v) is 8.43. The number of Topliss-reactive ketones (excluding diaryl/α,β-unsaturated/α-hetero) is 1. The number of rotatable bonds is 15. The first-order valence-corrected chi connectivity index (χ1v) is 19.9. The van der Waals surface area contributed by atoms with Gasteiger partial charge in [-0.3, -0.25) is 19.3 Å². The summed E-state index contributed by atoms with van der Waals surface area (Å²) in [6, 6.07) is 23.8. The number of hydrogen-bond acceptors (Lipinski definition) is 10. The maximum Gasteiger partial charge on any atom is 0.237 e. The summed E-state index contributed by atoms with van der Waals surface area (Å²) in [5.74, 6) is -0.863. The van der Waals surface area contributed by atoms with Gasteiger partial charge in [0.25, 0.3) is 0 Å². The van der Waals surface area contributed by atoms with Crippen LogP contribution in [-0.4, -0.2) is 100 Å². The lowest BCUT2D eigenvalue weighted by Gasteiger charge is -2.41. The Bertz CT molecular complexity index is 2020. The topological polar surface area (TPSA) is 171 Å². The minimum absolute atomic E-state index is 0.0164. The molecule has 4 N–H and O–H groups in total. The van der Waals surface area contributed by atoms with E-state index in [2.05, 4.69) is 25.9 Å². The quantitative estimate of drug-likeness (QED) is 0.131. The zero-order valence-corrected chi connectivity index (χ0v) is 32.5. The van der Waals surface area contributed by atoms with Crippen molar-refractivity contribution in [1.29, 1.82) is 0 Å². The fraction of sp³-hybridized carbons (Fsp3) is 0.439. The number of fused-ring (bicyclic) bond motifs is 1. The molecule has 12 nitrogen and oxygen atoms in total. The summed E-state index contributed by atoms with van der Waals surface area (Å²) in [5.41, 5.74) is 0.660. The molecule has 13 heteroatoms. The molecule has 0 saturated carbocycles. The Morgan fingerprint density at radius 2 is 1.63 bits per heavy atom. The predicted molar refractivity (Wildman–Crippen MR) is 209 cm³/mol. The molecule has 1 fully saturated rings. The lowest BCUT2D eigenvalue weighted by molar-refractivity contribution is -0.130. The van der Waals surface area contributed by atoms with E-state index in [9.17, 15) is 27.9 Å². The Hall–Kier alpha value is -4.56. The average Bonchev–Trinajstić information content (AvgIpc) is 3.13. The van der Waals surface area contributed by atoms with Gasteiger partial charge < -0.3 is 21.1 Å². The number of β-amino-alcohol motifs (C(OH)–C–C–N with tert-alkyl or cyclic N) is 1. The summed E-state index contributed by atoms with van der Waals surface area (Å²) < 4.78 is 27.2. The van der Waals surface area contributed by atoms with Crippen molar-refractivity contribution in [2.75, 3.05) is 19.6 Å². The van der Waals surface area contributed by atoms with Gasteiger partial charge in [-0.05, 0) is 83.7 Å². The van der Waals surface area contributed by atoms with E-state index in [0.717, 1.165) is 16.5 Å². The van der Waals surface area contributed by atoms with Crippen LogP contribution in [0.25, 0.3) is 10.9 Å². The maximum atomic E-state index is 13.7. The number of hydrogen-bond donors (Lipinski definition) is 4. The summed E-state index contributed by atoms with van der Waals surface area (Å²) in [6.07, 6.45) is 1.00. The number of para-hydroxylation sites is 1. The molecular weight excluding hydrogens is 705 g/mol. The lowest BCUT2D eigenvalue weighted by Crippen LogP contribution is -2.60. The number of likely N-dealkylation sites (tertiary alicyclic amines) is 1. The van der Waals surface area contributed by atoms with E-state index in [-0.39, 0.29) is 61.5 Å². The SMILES string of the molecule is CC(C)(C)NC(=O)C1CC(S(=O)(=O)c2ccccn2)CCN1CC(O)C(Cc1ccccc1)NC(=O)CNC(C)(C)CC(=O)c1ccc2ccccc2n1. The Kier molecular flexibility index (Phi) is 13.0. The fourth-order valence-electron chi connectivity index (χ4n) is 6.77. The van der Waals surface area contributed by atoms with Crippen LogP contribution in [0.4, 0.5) is 0 Å². The molecule has 3 heterocycles. The van der Waals surface area contributed by atoms with Gasteiger partial charge in [0.2, 0.25) is 11.8 Å². The number of benzene rings is 2. The summed E-state index contributed by atoms with van der Waals surface area (Å²) in [4.78, 5) is 50.8. The predicted octanol–water partition coefficient (Wildman–Crippen LogP) is 3.88. The van der Waals surface area contributed by atoms with Crippen LogP contribution in [0.2, 0.25) is 0 Å². The number of aliphatic hydroxyl groups is 1. The Morgan fingerprint density at radius 1 is 0.926 bits per heavy atom. The van der Waals surface area contributed by atoms with Crippen molar-refractivity contribution in [2.45, 2.75) is 99.8 Å². The Balaban J connectivity index is 1.27. The van der Waals surface area contributed by atoms with Gasteiger partial charge in [-0.1, -0.05) is 60.7 Å². The monoisotopic (exact) mass is 756 g/mol. The van der Waals surface area contributed by atoms with Crippen molar-refractivity contribution < 1.29 is 27.9 Å². The first-order valence-electron chi connectivity index (χ1n) is 18.4. The number of aliphatic hydroxyl groups excluding tert-OH is 1. The third-order valence-electron chi connectivity index (χ3n) is 9.58. The van der Waals surface area contributed by atoms with Crippen LogP contribution in [-0.2, 0) is 25.8 Å². The van der Waals surface area contributed by atoms with Crippen LogP contribution in [0, 0.1) is 0 Å². The molecule has 288 valence electrons. The summed E-state index contributed by atoms with van der Waals surface area (Å²) in [5, 5.41) is 21.0. The van der Waals surface area contributed by atoms with E-state index < -0.39 is 44.4 Å². The summed E-state index contributed by atoms with van der Waals surface area (Å²) >= 11 is 0. The minimum Gasteiger partial charge on any atom is -0.390 e. The number of carbonyl (C=O) groups is 3. The number of carbonyl (C=O) groups excluding carboxylic acids is 3. The number of pyridine rings is 2. The largest absolute Gasteiger partial charge is 0.390 e. The zero-order valence-electron chi connectivity index (χ0n) is 31.7. The molecule has 54 heavy (non-hydrogen) atoms. The lowest BCUT2D eigenvalue weighted by atomic mass is 9.95. The highest BCUT2D eigenvalue weighted by molar-refractivity contribution is 7.92. The molecule has 4 unspecified atom stereocenters. The third-order valence-corrected chi connectivity index (χ3v) is 11.7. The highest BCUT2D eigenvalue weighted by Crippen LogP contribution is 2.28. The van der Waals surface area contributed by atoms with Crippen molar-refractivity contribution in [3.63, 3.8) is 0 Å². The van der Waals surface area contributed by atoms with Crippen molar-refractivity contribution in [2.24, 2.45) is 0 Å². The van der Waals surface area contributed by atoms with Crippen molar-refractivity contribution in [3.8, 4) is 0 Å².